The smallest absolute Gasteiger partial charge is 0.422 e. The highest BCUT2D eigenvalue weighted by Crippen LogP contribution is 2.40. The normalized spacial score (nSPS) is 21.9. The molecular weight excluding hydrogens is 302 g/mol. The number of carbonyl (C=O) groups is 1. The second-order valence-electron chi connectivity index (χ2n) is 5.43. The topological polar surface area (TPSA) is 63.7 Å². The van der Waals surface area contributed by atoms with Gasteiger partial charge in [-0.25, -0.2) is 13.2 Å². The van der Waals surface area contributed by atoms with E-state index in [0.717, 1.165) is 5.56 Å². The number of rotatable bonds is 3. The lowest BCUT2D eigenvalue weighted by molar-refractivity contribution is 0.0778. The lowest BCUT2D eigenvalue weighted by atomic mass is 9.89. The number of sulfonamides is 1. The summed E-state index contributed by atoms with van der Waals surface area (Å²) in [5.74, 6) is 2.06. The molecular formula is C16H17NO4S. The average molecular weight is 319 g/mol. The fraction of sp³-hybridized carbons (Fsp3) is 0.312. The van der Waals surface area contributed by atoms with E-state index in [0.29, 0.717) is 4.31 Å². The van der Waals surface area contributed by atoms with Crippen LogP contribution in [0, 0.1) is 25.2 Å². The first-order valence-corrected chi connectivity index (χ1v) is 8.13. The average Bonchev–Trinajstić information content (AvgIpc) is 2.71. The maximum absolute atomic E-state index is 12.7. The summed E-state index contributed by atoms with van der Waals surface area (Å²) in [5, 5.41) is 0. The molecule has 1 aromatic rings. The van der Waals surface area contributed by atoms with Gasteiger partial charge in [-0.2, -0.15) is 4.31 Å². The van der Waals surface area contributed by atoms with Crippen LogP contribution in [0.15, 0.2) is 41.4 Å². The van der Waals surface area contributed by atoms with Crippen molar-refractivity contribution >= 4 is 16.1 Å². The van der Waals surface area contributed by atoms with Crippen molar-refractivity contribution in [1.29, 1.82) is 0 Å². The van der Waals surface area contributed by atoms with Crippen molar-refractivity contribution in [1.82, 2.24) is 4.31 Å². The van der Waals surface area contributed by atoms with Crippen molar-refractivity contribution in [3.05, 3.63) is 42.1 Å². The van der Waals surface area contributed by atoms with Crippen LogP contribution in [0.25, 0.3) is 0 Å². The minimum absolute atomic E-state index is 0.0206. The zero-order valence-corrected chi connectivity index (χ0v) is 13.5. The number of nitrogens with zero attached hydrogens (tertiary/aromatic N) is 1. The fourth-order valence-corrected chi connectivity index (χ4v) is 3.64. The lowest BCUT2D eigenvalue weighted by Gasteiger charge is -2.26. The first-order chi connectivity index (χ1) is 10.2. The second kappa shape index (κ2) is 5.18. The van der Waals surface area contributed by atoms with Gasteiger partial charge in [0.15, 0.2) is 0 Å². The van der Waals surface area contributed by atoms with Gasteiger partial charge in [0, 0.05) is 5.92 Å². The maximum Gasteiger partial charge on any atom is 0.430 e. The summed E-state index contributed by atoms with van der Waals surface area (Å²) in [4.78, 5) is 12.1. The van der Waals surface area contributed by atoms with E-state index >= 15 is 0 Å². The molecule has 1 fully saturated rings. The molecule has 0 saturated carbocycles. The number of ether oxygens (including phenoxy) is 1. The summed E-state index contributed by atoms with van der Waals surface area (Å²) in [6, 6.07) is 6.15. The van der Waals surface area contributed by atoms with E-state index in [1.165, 1.54) is 12.1 Å². The van der Waals surface area contributed by atoms with Crippen LogP contribution in [0.3, 0.4) is 0 Å². The van der Waals surface area contributed by atoms with Crippen molar-refractivity contribution in [2.24, 2.45) is 5.92 Å². The van der Waals surface area contributed by atoms with Gasteiger partial charge < -0.3 is 4.74 Å². The number of aryl methyl sites for hydroxylation is 1. The van der Waals surface area contributed by atoms with Crippen molar-refractivity contribution < 1.29 is 17.9 Å². The molecule has 0 aromatic heterocycles. The molecule has 1 atom stereocenters. The number of amides is 1. The van der Waals surface area contributed by atoms with Gasteiger partial charge in [-0.05, 0) is 19.1 Å². The molecule has 1 amide bonds. The molecule has 1 aliphatic heterocycles. The Morgan fingerprint density at radius 1 is 1.32 bits per heavy atom. The zero-order valence-electron chi connectivity index (χ0n) is 12.7. The van der Waals surface area contributed by atoms with Gasteiger partial charge in [0.2, 0.25) is 5.60 Å². The van der Waals surface area contributed by atoms with E-state index in [-0.39, 0.29) is 16.5 Å². The number of terminal acetylenes is 1. The minimum Gasteiger partial charge on any atom is -0.422 e. The molecule has 5 nitrogen and oxygen atoms in total. The molecule has 0 radical (unpaired) electrons. The Hall–Kier alpha value is -2.26. The molecule has 0 bridgehead atoms. The van der Waals surface area contributed by atoms with Crippen molar-refractivity contribution in [2.75, 3.05) is 0 Å². The van der Waals surface area contributed by atoms with Crippen LogP contribution in [-0.2, 0) is 14.8 Å². The van der Waals surface area contributed by atoms with Gasteiger partial charge in [-0.1, -0.05) is 44.0 Å². The van der Waals surface area contributed by atoms with Crippen LogP contribution in [0.4, 0.5) is 4.79 Å². The Bertz CT molecular complexity index is 771. The molecule has 116 valence electrons. The Morgan fingerprint density at radius 3 is 2.27 bits per heavy atom. The van der Waals surface area contributed by atoms with Gasteiger partial charge in [0.25, 0.3) is 10.0 Å². The van der Waals surface area contributed by atoms with Crippen molar-refractivity contribution in [3.8, 4) is 12.3 Å². The predicted octanol–water partition coefficient (Wildman–Crippen LogP) is 2.68. The molecule has 1 saturated heterocycles. The highest BCUT2D eigenvalue weighted by atomic mass is 32.2. The second-order valence-corrected chi connectivity index (χ2v) is 7.22. The quantitative estimate of drug-likeness (QED) is 0.804. The van der Waals surface area contributed by atoms with Crippen molar-refractivity contribution in [2.45, 2.75) is 31.3 Å². The van der Waals surface area contributed by atoms with Gasteiger partial charge in [0.1, 0.15) is 0 Å². The minimum atomic E-state index is -4.10. The number of benzene rings is 1. The third kappa shape index (κ3) is 2.18. The zero-order chi connectivity index (χ0) is 16.7. The molecule has 22 heavy (non-hydrogen) atoms. The van der Waals surface area contributed by atoms with E-state index < -0.39 is 21.7 Å². The van der Waals surface area contributed by atoms with E-state index in [4.69, 9.17) is 11.2 Å². The molecule has 6 heteroatoms. The molecule has 0 aliphatic carbocycles. The summed E-state index contributed by atoms with van der Waals surface area (Å²) in [5.41, 5.74) is -0.605. The third-order valence-electron chi connectivity index (χ3n) is 3.67. The van der Waals surface area contributed by atoms with E-state index in [2.05, 4.69) is 12.5 Å². The highest BCUT2D eigenvalue weighted by Gasteiger charge is 2.54. The van der Waals surface area contributed by atoms with Crippen LogP contribution >= 0.6 is 0 Å². The summed E-state index contributed by atoms with van der Waals surface area (Å²) in [6.07, 6.45) is 4.45. The van der Waals surface area contributed by atoms with E-state index in [1.807, 2.05) is 6.92 Å². The summed E-state index contributed by atoms with van der Waals surface area (Å²) >= 11 is 0. The number of hydrogen-bond acceptors (Lipinski definition) is 4. The molecule has 0 N–H and O–H groups in total. The van der Waals surface area contributed by atoms with Crippen LogP contribution in [0.5, 0.6) is 0 Å². The SMILES string of the molecule is C#CC1(C(C)C)OC(=O)N(S(=O)(=O)c2ccc(C)cc2)C1=C. The molecule has 0 spiro atoms. The van der Waals surface area contributed by atoms with Crippen molar-refractivity contribution in [3.63, 3.8) is 0 Å². The standard InChI is InChI=1S/C16H17NO4S/c1-6-16(11(2)3)13(5)17(15(18)21-16)22(19,20)14-9-7-12(4)8-10-14/h1,7-11H,5H2,2-4H3. The fourth-order valence-electron chi connectivity index (χ4n) is 2.29. The molecule has 1 heterocycles. The molecule has 1 aliphatic rings. The van der Waals surface area contributed by atoms with Gasteiger partial charge in [-0.3, -0.25) is 0 Å². The highest BCUT2D eigenvalue weighted by molar-refractivity contribution is 7.89. The monoisotopic (exact) mass is 319 g/mol. The van der Waals surface area contributed by atoms with Crippen LogP contribution in [-0.4, -0.2) is 24.4 Å². The molecule has 1 aromatic carbocycles. The predicted molar refractivity (Wildman–Crippen MR) is 82.2 cm³/mol. The van der Waals surface area contributed by atoms with Gasteiger partial charge >= 0.3 is 6.09 Å². The van der Waals surface area contributed by atoms with E-state index in [9.17, 15) is 13.2 Å². The number of cyclic esters (lactones) is 1. The van der Waals surface area contributed by atoms with Crippen LogP contribution < -0.4 is 0 Å². The Morgan fingerprint density at radius 2 is 1.86 bits per heavy atom. The largest absolute Gasteiger partial charge is 0.430 e. The first-order valence-electron chi connectivity index (χ1n) is 6.69. The lowest BCUT2D eigenvalue weighted by Crippen LogP contribution is -2.37. The first kappa shape index (κ1) is 16.1. The maximum atomic E-state index is 12.7. The third-order valence-corrected chi connectivity index (χ3v) is 5.39. The van der Waals surface area contributed by atoms with Gasteiger partial charge in [0.05, 0.1) is 10.6 Å². The van der Waals surface area contributed by atoms with E-state index in [1.54, 1.807) is 26.0 Å². The van der Waals surface area contributed by atoms with Gasteiger partial charge in [-0.15, -0.1) is 6.42 Å². The molecule has 2 rings (SSSR count). The van der Waals surface area contributed by atoms with Crippen LogP contribution in [0.2, 0.25) is 0 Å². The molecule has 1 unspecified atom stereocenters. The Kier molecular flexibility index (Phi) is 3.80. The van der Waals surface area contributed by atoms with Crippen LogP contribution in [0.1, 0.15) is 19.4 Å². The summed E-state index contributed by atoms with van der Waals surface area (Å²) in [7, 11) is -4.10. The number of hydrogen-bond donors (Lipinski definition) is 0. The number of carbonyl (C=O) groups excluding carboxylic acids is 1. The summed E-state index contributed by atoms with van der Waals surface area (Å²) < 4.78 is 31.1. The summed E-state index contributed by atoms with van der Waals surface area (Å²) in [6.45, 7) is 9.01. The Balaban J connectivity index is 2.53. The Labute approximate surface area is 130 Å².